The number of urea groups is 1. The van der Waals surface area contributed by atoms with Crippen molar-refractivity contribution in [1.82, 2.24) is 15.6 Å². The van der Waals surface area contributed by atoms with E-state index >= 15 is 0 Å². The van der Waals surface area contributed by atoms with Gasteiger partial charge in [-0.2, -0.15) is 0 Å². The molecule has 0 aliphatic rings. The molecule has 0 spiro atoms. The Morgan fingerprint density at radius 1 is 0.857 bits per heavy atom. The standard InChI is InChI=1S/C21H19FN4O2/c22-17-8-4-15(5-9-17)13-24-20(27)16-6-10-18(11-7-16)26-21(28)25-14-19-3-1-2-12-23-19/h1-12H,13-14H2,(H,24,27)(H2,25,26,28). The van der Waals surface area contributed by atoms with Gasteiger partial charge >= 0.3 is 6.03 Å². The average molecular weight is 378 g/mol. The van der Waals surface area contributed by atoms with E-state index in [4.69, 9.17) is 0 Å². The maximum atomic E-state index is 12.9. The summed E-state index contributed by atoms with van der Waals surface area (Å²) in [4.78, 5) is 28.2. The predicted molar refractivity (Wildman–Crippen MR) is 104 cm³/mol. The fraction of sp³-hybridized carbons (Fsp3) is 0.0952. The van der Waals surface area contributed by atoms with Crippen LogP contribution >= 0.6 is 0 Å². The molecule has 142 valence electrons. The Balaban J connectivity index is 1.47. The molecule has 0 saturated heterocycles. The Labute approximate surface area is 161 Å². The number of benzene rings is 2. The molecular weight excluding hydrogens is 359 g/mol. The number of nitrogens with one attached hydrogen (secondary N) is 3. The van der Waals surface area contributed by atoms with Crippen LogP contribution in [0.1, 0.15) is 21.6 Å². The number of nitrogens with zero attached hydrogens (tertiary/aromatic N) is 1. The molecule has 0 saturated carbocycles. The number of carbonyl (C=O) groups is 2. The van der Waals surface area contributed by atoms with Gasteiger partial charge in [-0.15, -0.1) is 0 Å². The van der Waals surface area contributed by atoms with Crippen LogP contribution in [-0.2, 0) is 13.1 Å². The number of rotatable bonds is 6. The number of amides is 3. The van der Waals surface area contributed by atoms with Gasteiger partial charge in [-0.1, -0.05) is 18.2 Å². The van der Waals surface area contributed by atoms with E-state index in [0.717, 1.165) is 11.3 Å². The summed E-state index contributed by atoms with van der Waals surface area (Å²) < 4.78 is 12.9. The quantitative estimate of drug-likeness (QED) is 0.614. The molecular formula is C21H19FN4O2. The third kappa shape index (κ3) is 5.63. The lowest BCUT2D eigenvalue weighted by Gasteiger charge is -2.09. The van der Waals surface area contributed by atoms with Crippen molar-refractivity contribution in [3.63, 3.8) is 0 Å². The highest BCUT2D eigenvalue weighted by Gasteiger charge is 2.07. The summed E-state index contributed by atoms with van der Waals surface area (Å²) in [6.45, 7) is 0.617. The number of pyridine rings is 1. The van der Waals surface area contributed by atoms with Crippen molar-refractivity contribution in [3.05, 3.63) is 95.6 Å². The molecule has 3 rings (SSSR count). The van der Waals surface area contributed by atoms with Crippen molar-refractivity contribution in [2.75, 3.05) is 5.32 Å². The second kappa shape index (κ2) is 9.27. The van der Waals surface area contributed by atoms with E-state index in [1.165, 1.54) is 12.1 Å². The van der Waals surface area contributed by atoms with Crippen LogP contribution in [0.4, 0.5) is 14.9 Å². The normalized spacial score (nSPS) is 10.2. The molecule has 0 aliphatic heterocycles. The maximum absolute atomic E-state index is 12.9. The van der Waals surface area contributed by atoms with Gasteiger partial charge in [0.1, 0.15) is 5.82 Å². The van der Waals surface area contributed by atoms with Crippen molar-refractivity contribution in [1.29, 1.82) is 0 Å². The average Bonchev–Trinajstić information content (AvgIpc) is 2.73. The molecule has 0 aliphatic carbocycles. The molecule has 1 aromatic heterocycles. The van der Waals surface area contributed by atoms with Crippen molar-refractivity contribution in [3.8, 4) is 0 Å². The van der Waals surface area contributed by atoms with Gasteiger partial charge in [0.2, 0.25) is 0 Å². The summed E-state index contributed by atoms with van der Waals surface area (Å²) in [6.07, 6.45) is 1.66. The highest BCUT2D eigenvalue weighted by Crippen LogP contribution is 2.10. The topological polar surface area (TPSA) is 83.1 Å². The van der Waals surface area contributed by atoms with Crippen molar-refractivity contribution >= 4 is 17.6 Å². The highest BCUT2D eigenvalue weighted by molar-refractivity contribution is 5.95. The monoisotopic (exact) mass is 378 g/mol. The van der Waals surface area contributed by atoms with Crippen molar-refractivity contribution < 1.29 is 14.0 Å². The molecule has 0 atom stereocenters. The molecule has 0 radical (unpaired) electrons. The number of anilines is 1. The first kappa shape index (κ1) is 19.0. The first-order valence-corrected chi connectivity index (χ1v) is 8.67. The largest absolute Gasteiger partial charge is 0.348 e. The fourth-order valence-electron chi connectivity index (χ4n) is 2.44. The van der Waals surface area contributed by atoms with Gasteiger partial charge in [-0.25, -0.2) is 9.18 Å². The molecule has 0 bridgehead atoms. The summed E-state index contributed by atoms with van der Waals surface area (Å²) in [5, 5.41) is 8.17. The third-order valence-electron chi connectivity index (χ3n) is 3.93. The molecule has 0 fully saturated rings. The number of hydrogen-bond acceptors (Lipinski definition) is 3. The maximum Gasteiger partial charge on any atom is 0.319 e. The van der Waals surface area contributed by atoms with Crippen LogP contribution in [0.25, 0.3) is 0 Å². The molecule has 28 heavy (non-hydrogen) atoms. The van der Waals surface area contributed by atoms with Crippen LogP contribution in [0, 0.1) is 5.82 Å². The second-order valence-electron chi connectivity index (χ2n) is 6.02. The Morgan fingerprint density at radius 3 is 2.29 bits per heavy atom. The van der Waals surface area contributed by atoms with E-state index in [2.05, 4.69) is 20.9 Å². The summed E-state index contributed by atoms with van der Waals surface area (Å²) in [7, 11) is 0. The van der Waals surface area contributed by atoms with Crippen LogP contribution in [0.5, 0.6) is 0 Å². The number of hydrogen-bond donors (Lipinski definition) is 3. The Kier molecular flexibility index (Phi) is 6.30. The molecule has 6 nitrogen and oxygen atoms in total. The zero-order valence-corrected chi connectivity index (χ0v) is 15.0. The first-order valence-electron chi connectivity index (χ1n) is 8.67. The third-order valence-corrected chi connectivity index (χ3v) is 3.93. The van der Waals surface area contributed by atoms with Crippen LogP contribution in [0.3, 0.4) is 0 Å². The SMILES string of the molecule is O=C(NCc1ccccn1)Nc1ccc(C(=O)NCc2ccc(F)cc2)cc1. The van der Waals surface area contributed by atoms with Crippen LogP contribution in [0.15, 0.2) is 72.9 Å². The summed E-state index contributed by atoms with van der Waals surface area (Å²) >= 11 is 0. The number of carbonyl (C=O) groups excluding carboxylic acids is 2. The number of aromatic nitrogens is 1. The molecule has 0 unspecified atom stereocenters. The van der Waals surface area contributed by atoms with Crippen LogP contribution in [-0.4, -0.2) is 16.9 Å². The van der Waals surface area contributed by atoms with E-state index in [1.54, 1.807) is 48.7 Å². The van der Waals surface area contributed by atoms with E-state index in [-0.39, 0.29) is 17.8 Å². The molecule has 7 heteroatoms. The van der Waals surface area contributed by atoms with Gasteiger partial charge in [0, 0.05) is 24.0 Å². The molecule has 1 heterocycles. The van der Waals surface area contributed by atoms with Gasteiger partial charge in [0.25, 0.3) is 5.91 Å². The Morgan fingerprint density at radius 2 is 1.61 bits per heavy atom. The van der Waals surface area contributed by atoms with E-state index < -0.39 is 0 Å². The van der Waals surface area contributed by atoms with Gasteiger partial charge in [0.15, 0.2) is 0 Å². The van der Waals surface area contributed by atoms with E-state index in [0.29, 0.717) is 24.3 Å². The minimum Gasteiger partial charge on any atom is -0.348 e. The predicted octanol–water partition coefficient (Wildman–Crippen LogP) is 3.47. The Bertz CT molecular complexity index is 929. The number of halogens is 1. The summed E-state index contributed by atoms with van der Waals surface area (Å²) in [5.41, 5.74) is 2.58. The molecule has 2 aromatic carbocycles. The van der Waals surface area contributed by atoms with Crippen LogP contribution in [0.2, 0.25) is 0 Å². The minimum atomic E-state index is -0.362. The lowest BCUT2D eigenvalue weighted by atomic mass is 10.1. The van der Waals surface area contributed by atoms with Crippen molar-refractivity contribution in [2.45, 2.75) is 13.1 Å². The summed E-state index contributed by atoms with van der Waals surface area (Å²) in [6, 6.07) is 17.6. The van der Waals surface area contributed by atoms with Gasteiger partial charge in [-0.05, 0) is 54.1 Å². The molecule has 3 amide bonds. The lowest BCUT2D eigenvalue weighted by molar-refractivity contribution is 0.0951. The molecule has 3 aromatic rings. The fourth-order valence-corrected chi connectivity index (χ4v) is 2.44. The highest BCUT2D eigenvalue weighted by atomic mass is 19.1. The van der Waals surface area contributed by atoms with Gasteiger partial charge < -0.3 is 16.0 Å². The van der Waals surface area contributed by atoms with E-state index in [9.17, 15) is 14.0 Å². The second-order valence-corrected chi connectivity index (χ2v) is 6.02. The van der Waals surface area contributed by atoms with E-state index in [1.807, 2.05) is 12.1 Å². The smallest absolute Gasteiger partial charge is 0.319 e. The lowest BCUT2D eigenvalue weighted by Crippen LogP contribution is -2.28. The zero-order valence-electron chi connectivity index (χ0n) is 15.0. The minimum absolute atomic E-state index is 0.254. The first-order chi connectivity index (χ1) is 13.6. The summed E-state index contributed by atoms with van der Waals surface area (Å²) in [5.74, 6) is -0.572. The zero-order chi connectivity index (χ0) is 19.8. The van der Waals surface area contributed by atoms with Crippen molar-refractivity contribution in [2.24, 2.45) is 0 Å². The van der Waals surface area contributed by atoms with Gasteiger partial charge in [0.05, 0.1) is 12.2 Å². The molecule has 3 N–H and O–H groups in total. The van der Waals surface area contributed by atoms with Crippen LogP contribution < -0.4 is 16.0 Å². The van der Waals surface area contributed by atoms with Gasteiger partial charge in [-0.3, -0.25) is 9.78 Å². The Hall–Kier alpha value is -3.74.